The Balaban J connectivity index is 1.92. The molecule has 3 rings (SSSR count). The van der Waals surface area contributed by atoms with Gasteiger partial charge in [0.25, 0.3) is 0 Å². The van der Waals surface area contributed by atoms with E-state index in [2.05, 4.69) is 21.4 Å². The number of nitrogen functional groups attached to an aromatic ring is 1. The van der Waals surface area contributed by atoms with Gasteiger partial charge in [-0.2, -0.15) is 4.98 Å². The molecular formula is C16H24N4O. The standard InChI is InChI=1S/C16H24N4O/c1-2-7-16(11-21)8-4-9-20(10-16)14-12-5-3-6-13(12)18-15(17)19-14/h2,21H,1,3-11H2,(H2,17,18,19)/t16-/m0/s1. The van der Waals surface area contributed by atoms with Crippen molar-refractivity contribution in [3.63, 3.8) is 0 Å². The molecule has 0 unspecified atom stereocenters. The van der Waals surface area contributed by atoms with Gasteiger partial charge in [-0.15, -0.1) is 6.58 Å². The van der Waals surface area contributed by atoms with Gasteiger partial charge in [0, 0.05) is 24.1 Å². The van der Waals surface area contributed by atoms with E-state index in [1.54, 1.807) is 0 Å². The third kappa shape index (κ3) is 2.62. The summed E-state index contributed by atoms with van der Waals surface area (Å²) in [6.07, 6.45) is 8.02. The first-order valence-corrected chi connectivity index (χ1v) is 7.79. The summed E-state index contributed by atoms with van der Waals surface area (Å²) in [5.41, 5.74) is 8.16. The number of aryl methyl sites for hydroxylation is 1. The molecular weight excluding hydrogens is 264 g/mol. The highest BCUT2D eigenvalue weighted by molar-refractivity contribution is 5.54. The summed E-state index contributed by atoms with van der Waals surface area (Å²) in [6.45, 7) is 5.83. The van der Waals surface area contributed by atoms with Crippen LogP contribution in [0.25, 0.3) is 0 Å². The average Bonchev–Trinajstić information content (AvgIpc) is 2.95. The van der Waals surface area contributed by atoms with Gasteiger partial charge < -0.3 is 15.7 Å². The van der Waals surface area contributed by atoms with E-state index in [0.717, 1.165) is 63.1 Å². The van der Waals surface area contributed by atoms with Crippen molar-refractivity contribution in [1.82, 2.24) is 9.97 Å². The molecule has 5 nitrogen and oxygen atoms in total. The minimum atomic E-state index is -0.0921. The maximum atomic E-state index is 9.85. The van der Waals surface area contributed by atoms with Crippen LogP contribution in [0.4, 0.5) is 11.8 Å². The van der Waals surface area contributed by atoms with E-state index in [0.29, 0.717) is 5.95 Å². The Kier molecular flexibility index (Phi) is 3.85. The summed E-state index contributed by atoms with van der Waals surface area (Å²) in [6, 6.07) is 0. The molecule has 1 aromatic rings. The van der Waals surface area contributed by atoms with Crippen molar-refractivity contribution >= 4 is 11.8 Å². The molecule has 0 saturated carbocycles. The van der Waals surface area contributed by atoms with E-state index in [9.17, 15) is 5.11 Å². The van der Waals surface area contributed by atoms with E-state index in [1.807, 2.05) is 6.08 Å². The van der Waals surface area contributed by atoms with Crippen LogP contribution >= 0.6 is 0 Å². The van der Waals surface area contributed by atoms with Crippen LogP contribution in [0.15, 0.2) is 12.7 Å². The summed E-state index contributed by atoms with van der Waals surface area (Å²) in [7, 11) is 0. The van der Waals surface area contributed by atoms with Crippen molar-refractivity contribution in [1.29, 1.82) is 0 Å². The molecule has 1 aromatic heterocycles. The summed E-state index contributed by atoms with van der Waals surface area (Å²) in [5, 5.41) is 9.85. The van der Waals surface area contributed by atoms with E-state index in [4.69, 9.17) is 5.73 Å². The zero-order chi connectivity index (χ0) is 14.9. The molecule has 21 heavy (non-hydrogen) atoms. The van der Waals surface area contributed by atoms with E-state index in [-0.39, 0.29) is 12.0 Å². The molecule has 0 spiro atoms. The first-order valence-electron chi connectivity index (χ1n) is 7.79. The molecule has 2 aliphatic rings. The van der Waals surface area contributed by atoms with Gasteiger partial charge in [0.1, 0.15) is 5.82 Å². The molecule has 1 fully saturated rings. The van der Waals surface area contributed by atoms with Crippen molar-refractivity contribution in [2.24, 2.45) is 5.41 Å². The lowest BCUT2D eigenvalue weighted by molar-refractivity contribution is 0.108. The number of hydrogen-bond acceptors (Lipinski definition) is 5. The molecule has 1 aliphatic heterocycles. The van der Waals surface area contributed by atoms with Gasteiger partial charge in [0.2, 0.25) is 5.95 Å². The third-order valence-corrected chi connectivity index (χ3v) is 4.80. The Morgan fingerprint density at radius 1 is 1.33 bits per heavy atom. The van der Waals surface area contributed by atoms with Crippen molar-refractivity contribution in [2.75, 3.05) is 30.3 Å². The average molecular weight is 288 g/mol. The quantitative estimate of drug-likeness (QED) is 0.825. The summed E-state index contributed by atoms with van der Waals surface area (Å²) in [4.78, 5) is 11.2. The molecule has 5 heteroatoms. The number of nitrogens with two attached hydrogens (primary N) is 1. The first-order chi connectivity index (χ1) is 10.2. The minimum absolute atomic E-state index is 0.0921. The lowest BCUT2D eigenvalue weighted by Crippen LogP contribution is -2.46. The zero-order valence-corrected chi connectivity index (χ0v) is 12.5. The van der Waals surface area contributed by atoms with Gasteiger partial charge >= 0.3 is 0 Å². The Hall–Kier alpha value is -1.62. The second-order valence-corrected chi connectivity index (χ2v) is 6.36. The van der Waals surface area contributed by atoms with Gasteiger partial charge in [-0.3, -0.25) is 0 Å². The predicted molar refractivity (Wildman–Crippen MR) is 84.2 cm³/mol. The number of aliphatic hydroxyl groups excluding tert-OH is 1. The molecule has 114 valence electrons. The Morgan fingerprint density at radius 3 is 2.95 bits per heavy atom. The fourth-order valence-corrected chi connectivity index (χ4v) is 3.75. The second-order valence-electron chi connectivity index (χ2n) is 6.36. The van der Waals surface area contributed by atoms with Crippen LogP contribution < -0.4 is 10.6 Å². The Bertz CT molecular complexity index is 545. The lowest BCUT2D eigenvalue weighted by atomic mass is 9.77. The predicted octanol–water partition coefficient (Wildman–Crippen LogP) is 1.70. The van der Waals surface area contributed by atoms with Crippen LogP contribution in [-0.2, 0) is 12.8 Å². The van der Waals surface area contributed by atoms with Crippen LogP contribution in [0.2, 0.25) is 0 Å². The molecule has 2 heterocycles. The summed E-state index contributed by atoms with van der Waals surface area (Å²) in [5.74, 6) is 1.37. The second kappa shape index (κ2) is 5.64. The highest BCUT2D eigenvalue weighted by atomic mass is 16.3. The van der Waals surface area contributed by atoms with Crippen LogP contribution in [0.5, 0.6) is 0 Å². The van der Waals surface area contributed by atoms with Crippen molar-refractivity contribution in [2.45, 2.75) is 38.5 Å². The van der Waals surface area contributed by atoms with Crippen molar-refractivity contribution < 1.29 is 5.11 Å². The largest absolute Gasteiger partial charge is 0.396 e. The van der Waals surface area contributed by atoms with Gasteiger partial charge in [0.15, 0.2) is 0 Å². The lowest BCUT2D eigenvalue weighted by Gasteiger charge is -2.42. The number of piperidine rings is 1. The normalized spacial score (nSPS) is 24.9. The molecule has 0 radical (unpaired) electrons. The monoisotopic (exact) mass is 288 g/mol. The van der Waals surface area contributed by atoms with Gasteiger partial charge in [-0.1, -0.05) is 6.08 Å². The number of fused-ring (bicyclic) bond motifs is 1. The van der Waals surface area contributed by atoms with Gasteiger partial charge in [0.05, 0.1) is 12.3 Å². The molecule has 1 aliphatic carbocycles. The van der Waals surface area contributed by atoms with Crippen LogP contribution in [0.1, 0.15) is 36.9 Å². The zero-order valence-electron chi connectivity index (χ0n) is 12.5. The number of anilines is 2. The molecule has 0 amide bonds. The van der Waals surface area contributed by atoms with E-state index in [1.165, 1.54) is 5.56 Å². The van der Waals surface area contributed by atoms with E-state index < -0.39 is 0 Å². The maximum Gasteiger partial charge on any atom is 0.222 e. The minimum Gasteiger partial charge on any atom is -0.396 e. The fourth-order valence-electron chi connectivity index (χ4n) is 3.75. The summed E-state index contributed by atoms with van der Waals surface area (Å²) >= 11 is 0. The van der Waals surface area contributed by atoms with Gasteiger partial charge in [-0.25, -0.2) is 4.98 Å². The van der Waals surface area contributed by atoms with Crippen LogP contribution in [-0.4, -0.2) is 34.8 Å². The number of rotatable bonds is 4. The molecule has 1 atom stereocenters. The molecule has 1 saturated heterocycles. The summed E-state index contributed by atoms with van der Waals surface area (Å²) < 4.78 is 0. The fraction of sp³-hybridized carbons (Fsp3) is 0.625. The number of aromatic nitrogens is 2. The highest BCUT2D eigenvalue weighted by Gasteiger charge is 2.36. The first kappa shape index (κ1) is 14.3. The van der Waals surface area contributed by atoms with Crippen LogP contribution in [0.3, 0.4) is 0 Å². The molecule has 3 N–H and O–H groups in total. The van der Waals surface area contributed by atoms with Crippen molar-refractivity contribution in [3.8, 4) is 0 Å². The van der Waals surface area contributed by atoms with Crippen LogP contribution in [0, 0.1) is 5.41 Å². The number of allylic oxidation sites excluding steroid dienone is 1. The smallest absolute Gasteiger partial charge is 0.222 e. The van der Waals surface area contributed by atoms with Crippen molar-refractivity contribution in [3.05, 3.63) is 23.9 Å². The van der Waals surface area contributed by atoms with Gasteiger partial charge in [-0.05, 0) is 38.5 Å². The topological polar surface area (TPSA) is 75.3 Å². The van der Waals surface area contributed by atoms with E-state index >= 15 is 0 Å². The molecule has 0 aromatic carbocycles. The number of nitrogens with zero attached hydrogens (tertiary/aromatic N) is 3. The maximum absolute atomic E-state index is 9.85. The Labute approximate surface area is 125 Å². The SMILES string of the molecule is C=CC[C@]1(CO)CCCN(c2nc(N)nc3c2CCC3)C1. The Morgan fingerprint density at radius 2 is 2.19 bits per heavy atom. The molecule has 0 bridgehead atoms. The highest BCUT2D eigenvalue weighted by Crippen LogP contribution is 2.38. The third-order valence-electron chi connectivity index (χ3n) is 4.80. The number of aliphatic hydroxyl groups is 1. The number of hydrogen-bond donors (Lipinski definition) is 2.